The van der Waals surface area contributed by atoms with Gasteiger partial charge in [0.1, 0.15) is 0 Å². The lowest BCUT2D eigenvalue weighted by Gasteiger charge is -2.35. The summed E-state index contributed by atoms with van der Waals surface area (Å²) < 4.78 is 0. The maximum Gasteiger partial charge on any atom is 0.160 e. The summed E-state index contributed by atoms with van der Waals surface area (Å²) in [4.78, 5) is 12.7. The largest absolute Gasteiger partial charge is 0.228 e. The number of fused-ring (bicyclic) bond motifs is 5. The van der Waals surface area contributed by atoms with Crippen molar-refractivity contribution in [2.24, 2.45) is 0 Å². The molecule has 0 spiro atoms. The molecule has 4 heteroatoms. The molecule has 6 aromatic carbocycles. The monoisotopic (exact) mass is 673 g/mol. The maximum atomic E-state index is 9.46. The number of hydrogen-bond acceptors (Lipinski definition) is 4. The van der Waals surface area contributed by atoms with Gasteiger partial charge in [-0.3, -0.25) is 0 Å². The van der Waals surface area contributed by atoms with Crippen molar-refractivity contribution in [1.82, 2.24) is 9.97 Å². The molecule has 51 heavy (non-hydrogen) atoms. The van der Waals surface area contributed by atoms with Crippen LogP contribution in [0.5, 0.6) is 0 Å². The molecule has 0 N–H and O–H groups in total. The van der Waals surface area contributed by atoms with Gasteiger partial charge in [-0.2, -0.15) is 5.26 Å². The second kappa shape index (κ2) is 11.7. The van der Waals surface area contributed by atoms with E-state index in [1.54, 1.807) is 11.8 Å². The first kappa shape index (κ1) is 31.2. The molecule has 2 aliphatic rings. The minimum atomic E-state index is -0.180. The van der Waals surface area contributed by atoms with Crippen molar-refractivity contribution in [2.75, 3.05) is 0 Å². The zero-order chi connectivity index (χ0) is 34.9. The van der Waals surface area contributed by atoms with Gasteiger partial charge in [-0.1, -0.05) is 143 Å². The standard InChI is InChI=1S/C47H35N3S/c1-46(2)37-13-9-8-12-35(37)36-21-19-34(26-39(36)46)42-27-41(49-45(50-42)32-10-6-5-7-11-32)31-17-15-30(16-18-31)33-20-23-43-40(25-33)47(3,4)38-22-14-29(28-48)24-44(38)51-43/h5-27H,1-4H3. The van der Waals surface area contributed by atoms with Crippen molar-refractivity contribution in [3.8, 4) is 62.2 Å². The fraction of sp³-hybridized carbons (Fsp3) is 0.128. The molecule has 0 amide bonds. The lowest BCUT2D eigenvalue weighted by atomic mass is 9.76. The lowest BCUT2D eigenvalue weighted by molar-refractivity contribution is 0.607. The van der Waals surface area contributed by atoms with Crippen LogP contribution in [0.4, 0.5) is 0 Å². The first-order valence-corrected chi connectivity index (χ1v) is 18.2. The number of rotatable bonds is 4. The van der Waals surface area contributed by atoms with Gasteiger partial charge >= 0.3 is 0 Å². The normalized spacial score (nSPS) is 14.5. The van der Waals surface area contributed by atoms with Gasteiger partial charge in [0.2, 0.25) is 0 Å². The predicted molar refractivity (Wildman–Crippen MR) is 209 cm³/mol. The molecule has 2 heterocycles. The minimum absolute atomic E-state index is 0.0925. The van der Waals surface area contributed by atoms with Gasteiger partial charge in [-0.15, -0.1) is 0 Å². The van der Waals surface area contributed by atoms with E-state index in [1.807, 2.05) is 30.3 Å². The predicted octanol–water partition coefficient (Wildman–Crippen LogP) is 12.1. The summed E-state index contributed by atoms with van der Waals surface area (Å²) in [7, 11) is 0. The molecule has 0 fully saturated rings. The van der Waals surface area contributed by atoms with E-state index in [9.17, 15) is 5.26 Å². The number of nitriles is 1. The molecule has 0 unspecified atom stereocenters. The molecule has 0 atom stereocenters. The Bertz CT molecular complexity index is 2560. The van der Waals surface area contributed by atoms with Crippen LogP contribution in [0.1, 0.15) is 55.5 Å². The molecule has 0 saturated heterocycles. The third kappa shape index (κ3) is 5.11. The van der Waals surface area contributed by atoms with Crippen molar-refractivity contribution >= 4 is 11.8 Å². The van der Waals surface area contributed by atoms with Crippen molar-refractivity contribution in [3.63, 3.8) is 0 Å². The van der Waals surface area contributed by atoms with Crippen molar-refractivity contribution in [1.29, 1.82) is 5.26 Å². The fourth-order valence-electron chi connectivity index (χ4n) is 7.90. The molecule has 0 radical (unpaired) electrons. The number of nitrogens with zero attached hydrogens (tertiary/aromatic N) is 3. The highest BCUT2D eigenvalue weighted by Gasteiger charge is 2.36. The summed E-state index contributed by atoms with van der Waals surface area (Å²) in [5, 5.41) is 9.46. The third-order valence-electron chi connectivity index (χ3n) is 10.8. The van der Waals surface area contributed by atoms with E-state index in [0.29, 0.717) is 11.4 Å². The summed E-state index contributed by atoms with van der Waals surface area (Å²) in [5.41, 5.74) is 15.6. The highest BCUT2D eigenvalue weighted by atomic mass is 32.2. The van der Waals surface area contributed by atoms with Crippen LogP contribution in [0.3, 0.4) is 0 Å². The van der Waals surface area contributed by atoms with Gasteiger partial charge in [0, 0.05) is 37.3 Å². The van der Waals surface area contributed by atoms with Crippen LogP contribution in [0.2, 0.25) is 0 Å². The Morgan fingerprint density at radius 1 is 0.471 bits per heavy atom. The Balaban J connectivity index is 1.09. The summed E-state index contributed by atoms with van der Waals surface area (Å²) >= 11 is 1.75. The average molecular weight is 674 g/mol. The van der Waals surface area contributed by atoms with Crippen molar-refractivity contribution < 1.29 is 0 Å². The third-order valence-corrected chi connectivity index (χ3v) is 11.9. The first-order valence-electron chi connectivity index (χ1n) is 17.4. The van der Waals surface area contributed by atoms with Crippen LogP contribution < -0.4 is 0 Å². The Kier molecular flexibility index (Phi) is 7.14. The van der Waals surface area contributed by atoms with E-state index in [-0.39, 0.29) is 10.8 Å². The lowest BCUT2D eigenvalue weighted by Crippen LogP contribution is -2.23. The summed E-state index contributed by atoms with van der Waals surface area (Å²) in [6, 6.07) is 51.8. The number of hydrogen-bond donors (Lipinski definition) is 0. The zero-order valence-corrected chi connectivity index (χ0v) is 29.8. The SMILES string of the molecule is CC1(C)c2ccc(C#N)cc2Sc2ccc(-c3ccc(-c4cc(-c5ccc6c(c5)C(C)(C)c5ccccc5-6)nc(-c5ccccc5)n4)cc3)cc21. The van der Waals surface area contributed by atoms with E-state index in [0.717, 1.165) is 38.5 Å². The molecule has 244 valence electrons. The molecule has 0 saturated carbocycles. The van der Waals surface area contributed by atoms with Crippen LogP contribution in [0.15, 0.2) is 149 Å². The van der Waals surface area contributed by atoms with Crippen LogP contribution in [-0.2, 0) is 10.8 Å². The quantitative estimate of drug-likeness (QED) is 0.187. The number of aromatic nitrogens is 2. The van der Waals surface area contributed by atoms with E-state index in [4.69, 9.17) is 9.97 Å². The second-order valence-electron chi connectivity index (χ2n) is 14.6. The second-order valence-corrected chi connectivity index (χ2v) is 15.7. The zero-order valence-electron chi connectivity index (χ0n) is 29.0. The van der Waals surface area contributed by atoms with E-state index in [1.165, 1.54) is 43.8 Å². The first-order chi connectivity index (χ1) is 24.7. The van der Waals surface area contributed by atoms with Crippen LogP contribution in [0.25, 0.3) is 56.2 Å². The summed E-state index contributed by atoms with van der Waals surface area (Å²) in [6.07, 6.45) is 0. The van der Waals surface area contributed by atoms with Crippen molar-refractivity contribution in [3.05, 3.63) is 167 Å². The highest BCUT2D eigenvalue weighted by Crippen LogP contribution is 2.51. The molecule has 1 aromatic heterocycles. The maximum absolute atomic E-state index is 9.46. The molecule has 9 rings (SSSR count). The molecule has 1 aliphatic heterocycles. The fourth-order valence-corrected chi connectivity index (χ4v) is 9.32. The minimum Gasteiger partial charge on any atom is -0.228 e. The Morgan fingerprint density at radius 2 is 1.10 bits per heavy atom. The average Bonchev–Trinajstić information content (AvgIpc) is 3.40. The van der Waals surface area contributed by atoms with E-state index >= 15 is 0 Å². The van der Waals surface area contributed by atoms with Crippen LogP contribution in [0, 0.1) is 11.3 Å². The van der Waals surface area contributed by atoms with Crippen LogP contribution >= 0.6 is 11.8 Å². The van der Waals surface area contributed by atoms with Crippen LogP contribution in [-0.4, -0.2) is 9.97 Å². The van der Waals surface area contributed by atoms with Gasteiger partial charge in [0.15, 0.2) is 5.82 Å². The smallest absolute Gasteiger partial charge is 0.160 e. The topological polar surface area (TPSA) is 49.6 Å². The molecule has 3 nitrogen and oxygen atoms in total. The highest BCUT2D eigenvalue weighted by molar-refractivity contribution is 7.99. The van der Waals surface area contributed by atoms with Gasteiger partial charge in [0.25, 0.3) is 0 Å². The number of benzene rings is 6. The molecule has 7 aromatic rings. The molecule has 1 aliphatic carbocycles. The Labute approximate surface area is 303 Å². The molecular formula is C47H35N3S. The Morgan fingerprint density at radius 3 is 1.88 bits per heavy atom. The van der Waals surface area contributed by atoms with Crippen molar-refractivity contribution in [2.45, 2.75) is 48.3 Å². The molecule has 0 bridgehead atoms. The van der Waals surface area contributed by atoms with Gasteiger partial charge in [-0.05, 0) is 80.9 Å². The van der Waals surface area contributed by atoms with Gasteiger partial charge in [-0.25, -0.2) is 9.97 Å². The van der Waals surface area contributed by atoms with E-state index in [2.05, 4.69) is 143 Å². The Hall–Kier alpha value is -5.76. The molecular weight excluding hydrogens is 639 g/mol. The van der Waals surface area contributed by atoms with Gasteiger partial charge in [0.05, 0.1) is 23.0 Å². The summed E-state index contributed by atoms with van der Waals surface area (Å²) in [6.45, 7) is 9.19. The van der Waals surface area contributed by atoms with E-state index < -0.39 is 0 Å². The van der Waals surface area contributed by atoms with Gasteiger partial charge < -0.3 is 0 Å². The summed E-state index contributed by atoms with van der Waals surface area (Å²) in [5.74, 6) is 0.715.